The molecule has 3 nitrogen and oxygen atoms in total. The van der Waals surface area contributed by atoms with Crippen LogP contribution in [0.3, 0.4) is 0 Å². The molecule has 16 heavy (non-hydrogen) atoms. The first-order chi connectivity index (χ1) is 7.54. The molecule has 4 heteroatoms. The molecule has 88 valence electrons. The van der Waals surface area contributed by atoms with Crippen molar-refractivity contribution in [2.45, 2.75) is 26.3 Å². The molecule has 0 fully saturated rings. The maximum Gasteiger partial charge on any atom is 0.164 e. The monoisotopic (exact) mass is 238 g/mol. The molecule has 1 atom stereocenters. The van der Waals surface area contributed by atoms with Crippen LogP contribution < -0.4 is 11.1 Å². The summed E-state index contributed by atoms with van der Waals surface area (Å²) in [5.41, 5.74) is 9.02. The van der Waals surface area contributed by atoms with E-state index in [0.29, 0.717) is 6.42 Å². The van der Waals surface area contributed by atoms with Crippen molar-refractivity contribution in [1.29, 1.82) is 0 Å². The number of thiocarbonyl (C=S) groups is 1. The van der Waals surface area contributed by atoms with E-state index in [9.17, 15) is 0 Å². The van der Waals surface area contributed by atoms with Crippen LogP contribution in [0.1, 0.15) is 29.2 Å². The summed E-state index contributed by atoms with van der Waals surface area (Å²) in [7, 11) is 0. The topological polar surface area (TPSA) is 58.3 Å². The van der Waals surface area contributed by atoms with E-state index in [1.165, 1.54) is 11.1 Å². The van der Waals surface area contributed by atoms with E-state index in [0.717, 1.165) is 5.56 Å². The number of benzene rings is 1. The van der Waals surface area contributed by atoms with Crippen LogP contribution in [-0.2, 0) is 0 Å². The average Bonchev–Trinajstić information content (AvgIpc) is 2.16. The van der Waals surface area contributed by atoms with Crippen LogP contribution >= 0.6 is 12.2 Å². The van der Waals surface area contributed by atoms with Crippen molar-refractivity contribution in [1.82, 2.24) is 5.32 Å². The number of aryl methyl sites for hydroxylation is 2. The molecule has 0 radical (unpaired) electrons. The summed E-state index contributed by atoms with van der Waals surface area (Å²) < 4.78 is 0. The molecule has 1 aromatic carbocycles. The number of nitrogens with one attached hydrogen (secondary N) is 1. The summed E-state index contributed by atoms with van der Waals surface area (Å²) in [4.78, 5) is 0. The number of hydrogen-bond acceptors (Lipinski definition) is 2. The molecular weight excluding hydrogens is 220 g/mol. The van der Waals surface area contributed by atoms with Crippen molar-refractivity contribution in [2.75, 3.05) is 6.61 Å². The lowest BCUT2D eigenvalue weighted by molar-refractivity contribution is 0.272. The molecule has 0 aliphatic heterocycles. The first-order valence-corrected chi connectivity index (χ1v) is 5.69. The van der Waals surface area contributed by atoms with Crippen molar-refractivity contribution in [3.8, 4) is 0 Å². The third kappa shape index (κ3) is 3.47. The van der Waals surface area contributed by atoms with Crippen molar-refractivity contribution < 1.29 is 5.11 Å². The summed E-state index contributed by atoms with van der Waals surface area (Å²) >= 11 is 4.84. The fourth-order valence-electron chi connectivity index (χ4n) is 1.82. The molecule has 0 bridgehead atoms. The quantitative estimate of drug-likeness (QED) is 0.697. The summed E-state index contributed by atoms with van der Waals surface area (Å²) in [6.45, 7) is 4.21. The number of aliphatic hydroxyl groups is 1. The highest BCUT2D eigenvalue weighted by Gasteiger charge is 2.13. The summed E-state index contributed by atoms with van der Waals surface area (Å²) in [6, 6.07) is 6.20. The molecule has 1 unspecified atom stereocenters. The van der Waals surface area contributed by atoms with Gasteiger partial charge in [-0.15, -0.1) is 0 Å². The third-order valence-corrected chi connectivity index (χ3v) is 2.65. The Balaban J connectivity index is 2.95. The van der Waals surface area contributed by atoms with Gasteiger partial charge in [-0.3, -0.25) is 0 Å². The lowest BCUT2D eigenvalue weighted by atomic mass is 9.97. The van der Waals surface area contributed by atoms with Crippen LogP contribution in [0.4, 0.5) is 0 Å². The van der Waals surface area contributed by atoms with E-state index in [1.807, 2.05) is 13.0 Å². The first-order valence-electron chi connectivity index (χ1n) is 5.28. The average molecular weight is 238 g/mol. The highest BCUT2D eigenvalue weighted by molar-refractivity contribution is 7.80. The zero-order valence-electron chi connectivity index (χ0n) is 9.66. The van der Waals surface area contributed by atoms with E-state index in [1.54, 1.807) is 0 Å². The Morgan fingerprint density at radius 1 is 1.50 bits per heavy atom. The number of aliphatic hydroxyl groups excluding tert-OH is 1. The van der Waals surface area contributed by atoms with Crippen molar-refractivity contribution in [3.63, 3.8) is 0 Å². The van der Waals surface area contributed by atoms with Crippen LogP contribution in [-0.4, -0.2) is 16.8 Å². The summed E-state index contributed by atoms with van der Waals surface area (Å²) in [6.07, 6.45) is 0.598. The summed E-state index contributed by atoms with van der Waals surface area (Å²) in [5.74, 6) is 0. The smallest absolute Gasteiger partial charge is 0.164 e. The number of hydrogen-bond donors (Lipinski definition) is 3. The van der Waals surface area contributed by atoms with Gasteiger partial charge in [0, 0.05) is 6.61 Å². The van der Waals surface area contributed by atoms with Crippen LogP contribution in [0, 0.1) is 13.8 Å². The SMILES string of the molecule is Cc1ccc(C(CCO)NC(N)=S)c(C)c1. The van der Waals surface area contributed by atoms with Crippen LogP contribution in [0.15, 0.2) is 18.2 Å². The van der Waals surface area contributed by atoms with Gasteiger partial charge in [-0.05, 0) is 43.6 Å². The molecule has 4 N–H and O–H groups in total. The van der Waals surface area contributed by atoms with Gasteiger partial charge in [0.2, 0.25) is 0 Å². The Bertz CT molecular complexity index is 379. The van der Waals surface area contributed by atoms with Gasteiger partial charge >= 0.3 is 0 Å². The lowest BCUT2D eigenvalue weighted by Gasteiger charge is -2.20. The Kier molecular flexibility index (Phi) is 4.71. The molecular formula is C12H18N2OS. The molecule has 1 rings (SSSR count). The van der Waals surface area contributed by atoms with Crippen LogP contribution in [0.25, 0.3) is 0 Å². The van der Waals surface area contributed by atoms with Gasteiger partial charge in [-0.2, -0.15) is 0 Å². The van der Waals surface area contributed by atoms with Crippen LogP contribution in [0.5, 0.6) is 0 Å². The molecule has 0 amide bonds. The Morgan fingerprint density at radius 2 is 2.19 bits per heavy atom. The van der Waals surface area contributed by atoms with Crippen LogP contribution in [0.2, 0.25) is 0 Å². The van der Waals surface area contributed by atoms with Crippen molar-refractivity contribution in [3.05, 3.63) is 34.9 Å². The Hall–Kier alpha value is -1.13. The fraction of sp³-hybridized carbons (Fsp3) is 0.417. The van der Waals surface area contributed by atoms with Crippen molar-refractivity contribution >= 4 is 17.3 Å². The Labute approximate surface area is 102 Å². The predicted octanol–water partition coefficient (Wildman–Crippen LogP) is 1.56. The molecule has 0 aliphatic carbocycles. The zero-order valence-corrected chi connectivity index (χ0v) is 10.5. The molecule has 0 saturated heterocycles. The lowest BCUT2D eigenvalue weighted by Crippen LogP contribution is -2.33. The van der Waals surface area contributed by atoms with Gasteiger partial charge < -0.3 is 16.2 Å². The minimum atomic E-state index is -0.0110. The van der Waals surface area contributed by atoms with E-state index in [4.69, 9.17) is 23.1 Å². The van der Waals surface area contributed by atoms with E-state index in [2.05, 4.69) is 24.4 Å². The fourth-order valence-corrected chi connectivity index (χ4v) is 1.97. The van der Waals surface area contributed by atoms with Gasteiger partial charge in [0.05, 0.1) is 6.04 Å². The second kappa shape index (κ2) is 5.82. The molecule has 1 aromatic rings. The van der Waals surface area contributed by atoms with Gasteiger partial charge in [0.1, 0.15) is 0 Å². The molecule has 0 heterocycles. The maximum absolute atomic E-state index is 9.03. The normalized spacial score (nSPS) is 12.2. The maximum atomic E-state index is 9.03. The van der Waals surface area contributed by atoms with Gasteiger partial charge in [-0.25, -0.2) is 0 Å². The molecule has 0 aliphatic rings. The number of nitrogens with two attached hydrogens (primary N) is 1. The molecule has 0 aromatic heterocycles. The number of rotatable bonds is 4. The van der Waals surface area contributed by atoms with Gasteiger partial charge in [-0.1, -0.05) is 23.8 Å². The van der Waals surface area contributed by atoms with Crippen molar-refractivity contribution in [2.24, 2.45) is 5.73 Å². The highest BCUT2D eigenvalue weighted by Crippen LogP contribution is 2.21. The summed E-state index contributed by atoms with van der Waals surface area (Å²) in [5, 5.41) is 12.3. The Morgan fingerprint density at radius 3 is 2.69 bits per heavy atom. The van der Waals surface area contributed by atoms with E-state index < -0.39 is 0 Å². The van der Waals surface area contributed by atoms with E-state index in [-0.39, 0.29) is 17.8 Å². The van der Waals surface area contributed by atoms with E-state index >= 15 is 0 Å². The second-order valence-electron chi connectivity index (χ2n) is 3.93. The largest absolute Gasteiger partial charge is 0.396 e. The van der Waals surface area contributed by atoms with Gasteiger partial charge in [0.15, 0.2) is 5.11 Å². The molecule has 0 spiro atoms. The predicted molar refractivity (Wildman–Crippen MR) is 70.3 cm³/mol. The first kappa shape index (κ1) is 12.9. The third-order valence-electron chi connectivity index (χ3n) is 2.53. The second-order valence-corrected chi connectivity index (χ2v) is 4.37. The highest BCUT2D eigenvalue weighted by atomic mass is 32.1. The standard InChI is InChI=1S/C12H18N2OS/c1-8-3-4-10(9(2)7-8)11(5-6-15)14-12(13)16/h3-4,7,11,15H,5-6H2,1-2H3,(H3,13,14,16). The minimum Gasteiger partial charge on any atom is -0.396 e. The zero-order chi connectivity index (χ0) is 12.1. The molecule has 0 saturated carbocycles. The van der Waals surface area contributed by atoms with Gasteiger partial charge in [0.25, 0.3) is 0 Å². The minimum absolute atomic E-state index is 0.0110.